The van der Waals surface area contributed by atoms with Crippen molar-refractivity contribution < 1.29 is 0 Å². The lowest BCUT2D eigenvalue weighted by atomic mass is 10.3. The Labute approximate surface area is 116 Å². The van der Waals surface area contributed by atoms with Crippen LogP contribution in [0.5, 0.6) is 0 Å². The van der Waals surface area contributed by atoms with E-state index in [-0.39, 0.29) is 0 Å². The molecule has 19 heavy (non-hydrogen) atoms. The van der Waals surface area contributed by atoms with Gasteiger partial charge in [0.25, 0.3) is 0 Å². The van der Waals surface area contributed by atoms with E-state index in [1.54, 1.807) is 0 Å². The normalized spacial score (nSPS) is 16.7. The SMILES string of the molecule is CCCN1CCN(c2cc(C)nc(NCC)n2)CC1. The molecule has 0 unspecified atom stereocenters. The maximum atomic E-state index is 4.60. The van der Waals surface area contributed by atoms with Crippen LogP contribution in [0.3, 0.4) is 0 Å². The van der Waals surface area contributed by atoms with Crippen molar-refractivity contribution in [2.45, 2.75) is 27.2 Å². The average molecular weight is 263 g/mol. The zero-order valence-electron chi connectivity index (χ0n) is 12.3. The third kappa shape index (κ3) is 3.80. The molecule has 1 aromatic heterocycles. The fraction of sp³-hybridized carbons (Fsp3) is 0.714. The second-order valence-corrected chi connectivity index (χ2v) is 5.05. The van der Waals surface area contributed by atoms with Crippen molar-refractivity contribution in [2.75, 3.05) is 49.5 Å². The Morgan fingerprint density at radius 1 is 1.16 bits per heavy atom. The van der Waals surface area contributed by atoms with E-state index in [4.69, 9.17) is 0 Å². The molecule has 1 saturated heterocycles. The Bertz CT molecular complexity index is 399. The minimum atomic E-state index is 0.744. The number of aryl methyl sites for hydroxylation is 1. The topological polar surface area (TPSA) is 44.3 Å². The monoisotopic (exact) mass is 263 g/mol. The lowest BCUT2D eigenvalue weighted by Gasteiger charge is -2.35. The first-order chi connectivity index (χ1) is 9.22. The Morgan fingerprint density at radius 2 is 1.89 bits per heavy atom. The van der Waals surface area contributed by atoms with Gasteiger partial charge in [-0.05, 0) is 26.8 Å². The van der Waals surface area contributed by atoms with Crippen molar-refractivity contribution in [3.63, 3.8) is 0 Å². The van der Waals surface area contributed by atoms with Crippen molar-refractivity contribution in [2.24, 2.45) is 0 Å². The number of anilines is 2. The minimum absolute atomic E-state index is 0.744. The molecule has 0 aliphatic carbocycles. The first kappa shape index (κ1) is 14.1. The standard InChI is InChI=1S/C14H25N5/c1-4-6-18-7-9-19(10-8-18)13-11-12(3)16-14(17-13)15-5-2/h11H,4-10H2,1-3H3,(H,15,16,17). The highest BCUT2D eigenvalue weighted by Gasteiger charge is 2.18. The third-order valence-electron chi connectivity index (χ3n) is 3.41. The second kappa shape index (κ2) is 6.70. The van der Waals surface area contributed by atoms with E-state index >= 15 is 0 Å². The van der Waals surface area contributed by atoms with Crippen molar-refractivity contribution in [3.05, 3.63) is 11.8 Å². The van der Waals surface area contributed by atoms with Crippen LogP contribution in [-0.2, 0) is 0 Å². The van der Waals surface area contributed by atoms with Crippen molar-refractivity contribution in [1.82, 2.24) is 14.9 Å². The summed E-state index contributed by atoms with van der Waals surface area (Å²) in [4.78, 5) is 13.9. The summed E-state index contributed by atoms with van der Waals surface area (Å²) in [5, 5.41) is 3.20. The van der Waals surface area contributed by atoms with Crippen LogP contribution in [0.4, 0.5) is 11.8 Å². The highest BCUT2D eigenvalue weighted by Crippen LogP contribution is 2.16. The van der Waals surface area contributed by atoms with Gasteiger partial charge in [0.2, 0.25) is 5.95 Å². The van der Waals surface area contributed by atoms with Gasteiger partial charge >= 0.3 is 0 Å². The van der Waals surface area contributed by atoms with E-state index in [0.29, 0.717) is 0 Å². The van der Waals surface area contributed by atoms with Crippen LogP contribution < -0.4 is 10.2 Å². The molecule has 1 aromatic rings. The van der Waals surface area contributed by atoms with Crippen LogP contribution in [0.15, 0.2) is 6.07 Å². The van der Waals surface area contributed by atoms with E-state index in [1.807, 2.05) is 6.92 Å². The van der Waals surface area contributed by atoms with Crippen molar-refractivity contribution in [3.8, 4) is 0 Å². The molecule has 5 nitrogen and oxygen atoms in total. The molecule has 1 N–H and O–H groups in total. The molecule has 5 heteroatoms. The fourth-order valence-electron chi connectivity index (χ4n) is 2.47. The molecule has 1 aliphatic heterocycles. The highest BCUT2D eigenvalue weighted by molar-refractivity contribution is 5.45. The molecule has 0 saturated carbocycles. The van der Waals surface area contributed by atoms with Gasteiger partial charge in [-0.3, -0.25) is 4.90 Å². The maximum absolute atomic E-state index is 4.60. The van der Waals surface area contributed by atoms with E-state index in [1.165, 1.54) is 13.0 Å². The lowest BCUT2D eigenvalue weighted by Crippen LogP contribution is -2.46. The highest BCUT2D eigenvalue weighted by atomic mass is 15.3. The van der Waals surface area contributed by atoms with Crippen LogP contribution in [0.25, 0.3) is 0 Å². The largest absolute Gasteiger partial charge is 0.354 e. The number of piperazine rings is 1. The first-order valence-electron chi connectivity index (χ1n) is 7.29. The summed E-state index contributed by atoms with van der Waals surface area (Å²) in [7, 11) is 0. The molecule has 0 spiro atoms. The molecular formula is C14H25N5. The number of rotatable bonds is 5. The van der Waals surface area contributed by atoms with E-state index < -0.39 is 0 Å². The molecule has 0 radical (unpaired) electrons. The summed E-state index contributed by atoms with van der Waals surface area (Å²) in [6.07, 6.45) is 1.23. The van der Waals surface area contributed by atoms with E-state index in [0.717, 1.165) is 50.2 Å². The predicted molar refractivity (Wildman–Crippen MR) is 79.9 cm³/mol. The van der Waals surface area contributed by atoms with Crippen molar-refractivity contribution >= 4 is 11.8 Å². The molecule has 1 aliphatic rings. The van der Waals surface area contributed by atoms with Crippen LogP contribution >= 0.6 is 0 Å². The Morgan fingerprint density at radius 3 is 2.53 bits per heavy atom. The van der Waals surface area contributed by atoms with Gasteiger partial charge in [-0.15, -0.1) is 0 Å². The summed E-state index contributed by atoms with van der Waals surface area (Å²) in [5.41, 5.74) is 1.02. The van der Waals surface area contributed by atoms with Gasteiger partial charge in [-0.2, -0.15) is 4.98 Å². The molecule has 2 heterocycles. The molecule has 106 valence electrons. The van der Waals surface area contributed by atoms with Crippen LogP contribution in [0.2, 0.25) is 0 Å². The maximum Gasteiger partial charge on any atom is 0.224 e. The summed E-state index contributed by atoms with van der Waals surface area (Å²) >= 11 is 0. The molecule has 1 fully saturated rings. The van der Waals surface area contributed by atoms with Gasteiger partial charge in [0, 0.05) is 44.5 Å². The Balaban J connectivity index is 2.02. The van der Waals surface area contributed by atoms with Gasteiger partial charge in [0.1, 0.15) is 5.82 Å². The molecule has 0 amide bonds. The molecule has 0 aromatic carbocycles. The fourth-order valence-corrected chi connectivity index (χ4v) is 2.47. The minimum Gasteiger partial charge on any atom is -0.354 e. The number of hydrogen-bond acceptors (Lipinski definition) is 5. The molecule has 0 bridgehead atoms. The number of aromatic nitrogens is 2. The van der Waals surface area contributed by atoms with Gasteiger partial charge in [-0.25, -0.2) is 4.98 Å². The van der Waals surface area contributed by atoms with Gasteiger partial charge < -0.3 is 10.2 Å². The van der Waals surface area contributed by atoms with Crippen molar-refractivity contribution in [1.29, 1.82) is 0 Å². The quantitative estimate of drug-likeness (QED) is 0.877. The molecular weight excluding hydrogens is 238 g/mol. The number of nitrogens with zero attached hydrogens (tertiary/aromatic N) is 4. The summed E-state index contributed by atoms with van der Waals surface area (Å²) in [5.74, 6) is 1.80. The molecule has 0 atom stereocenters. The van der Waals surface area contributed by atoms with Gasteiger partial charge in [-0.1, -0.05) is 6.92 Å². The Kier molecular flexibility index (Phi) is 4.96. The smallest absolute Gasteiger partial charge is 0.224 e. The lowest BCUT2D eigenvalue weighted by molar-refractivity contribution is 0.258. The third-order valence-corrected chi connectivity index (χ3v) is 3.41. The van der Waals surface area contributed by atoms with Crippen LogP contribution in [-0.4, -0.2) is 54.1 Å². The second-order valence-electron chi connectivity index (χ2n) is 5.05. The zero-order chi connectivity index (χ0) is 13.7. The van der Waals surface area contributed by atoms with E-state index in [2.05, 4.69) is 45.0 Å². The predicted octanol–water partition coefficient (Wildman–Crippen LogP) is 1.75. The summed E-state index contributed by atoms with van der Waals surface area (Å²) in [6, 6.07) is 2.08. The van der Waals surface area contributed by atoms with Gasteiger partial charge in [0.05, 0.1) is 0 Å². The summed E-state index contributed by atoms with van der Waals surface area (Å²) in [6.45, 7) is 12.8. The van der Waals surface area contributed by atoms with E-state index in [9.17, 15) is 0 Å². The average Bonchev–Trinajstić information content (AvgIpc) is 2.40. The van der Waals surface area contributed by atoms with Crippen LogP contribution in [0.1, 0.15) is 26.0 Å². The van der Waals surface area contributed by atoms with Crippen LogP contribution in [0, 0.1) is 6.92 Å². The number of hydrogen-bond donors (Lipinski definition) is 1. The zero-order valence-corrected chi connectivity index (χ0v) is 12.3. The summed E-state index contributed by atoms with van der Waals surface area (Å²) < 4.78 is 0. The first-order valence-corrected chi connectivity index (χ1v) is 7.29. The van der Waals surface area contributed by atoms with Gasteiger partial charge in [0.15, 0.2) is 0 Å². The molecule has 2 rings (SSSR count). The Hall–Kier alpha value is -1.36. The number of nitrogens with one attached hydrogen (secondary N) is 1.